The van der Waals surface area contributed by atoms with E-state index in [1.165, 1.54) is 0 Å². The lowest BCUT2D eigenvalue weighted by molar-refractivity contribution is -0.143. The fraction of sp³-hybridized carbons (Fsp3) is 0.889. The summed E-state index contributed by atoms with van der Waals surface area (Å²) in [5, 5.41) is 0. The second kappa shape index (κ2) is 4.07. The molecule has 4 nitrogen and oxygen atoms in total. The molecule has 1 fully saturated rings. The predicted octanol–water partition coefficient (Wildman–Crippen LogP) is -0.0274. The SMILES string of the molecule is CCOCC(=O)N1CC(N)(CC)C1. The molecule has 0 bridgehead atoms. The van der Waals surface area contributed by atoms with Crippen LogP contribution in [0.4, 0.5) is 0 Å². The maximum Gasteiger partial charge on any atom is 0.248 e. The molecule has 76 valence electrons. The molecule has 0 aromatic carbocycles. The highest BCUT2D eigenvalue weighted by molar-refractivity contribution is 5.78. The second-order valence-corrected chi connectivity index (χ2v) is 3.60. The van der Waals surface area contributed by atoms with E-state index in [2.05, 4.69) is 0 Å². The summed E-state index contributed by atoms with van der Waals surface area (Å²) in [5.41, 5.74) is 5.79. The Morgan fingerprint density at radius 2 is 2.15 bits per heavy atom. The van der Waals surface area contributed by atoms with Gasteiger partial charge in [0.2, 0.25) is 5.91 Å². The smallest absolute Gasteiger partial charge is 0.248 e. The van der Waals surface area contributed by atoms with E-state index in [0.29, 0.717) is 19.7 Å². The highest BCUT2D eigenvalue weighted by atomic mass is 16.5. The molecule has 0 atom stereocenters. The van der Waals surface area contributed by atoms with Gasteiger partial charge in [0.15, 0.2) is 0 Å². The molecule has 0 radical (unpaired) electrons. The normalized spacial score (nSPS) is 19.8. The fourth-order valence-corrected chi connectivity index (χ4v) is 1.39. The highest BCUT2D eigenvalue weighted by Gasteiger charge is 2.40. The van der Waals surface area contributed by atoms with Crippen molar-refractivity contribution in [2.45, 2.75) is 25.8 Å². The topological polar surface area (TPSA) is 55.6 Å². The Bertz CT molecular complexity index is 188. The van der Waals surface area contributed by atoms with Crippen LogP contribution in [-0.4, -0.2) is 42.6 Å². The number of nitrogens with two attached hydrogens (primary N) is 1. The van der Waals surface area contributed by atoms with Gasteiger partial charge in [-0.3, -0.25) is 4.79 Å². The summed E-state index contributed by atoms with van der Waals surface area (Å²) in [5.74, 6) is 0.0522. The number of carbonyl (C=O) groups excluding carboxylic acids is 1. The van der Waals surface area contributed by atoms with Crippen molar-refractivity contribution in [1.29, 1.82) is 0 Å². The summed E-state index contributed by atoms with van der Waals surface area (Å²) in [7, 11) is 0. The van der Waals surface area contributed by atoms with Crippen molar-refractivity contribution in [3.8, 4) is 0 Å². The maximum absolute atomic E-state index is 11.3. The summed E-state index contributed by atoms with van der Waals surface area (Å²) in [6.45, 7) is 6.05. The Balaban J connectivity index is 2.23. The van der Waals surface area contributed by atoms with Gasteiger partial charge in [0.05, 0.1) is 5.54 Å². The van der Waals surface area contributed by atoms with E-state index in [9.17, 15) is 4.79 Å². The summed E-state index contributed by atoms with van der Waals surface area (Å²) in [6.07, 6.45) is 0.922. The minimum atomic E-state index is -0.137. The van der Waals surface area contributed by atoms with E-state index < -0.39 is 0 Å². The van der Waals surface area contributed by atoms with E-state index >= 15 is 0 Å². The van der Waals surface area contributed by atoms with Gasteiger partial charge in [0.25, 0.3) is 0 Å². The van der Waals surface area contributed by atoms with Gasteiger partial charge >= 0.3 is 0 Å². The third kappa shape index (κ3) is 2.42. The van der Waals surface area contributed by atoms with E-state index in [1.54, 1.807) is 4.90 Å². The van der Waals surface area contributed by atoms with E-state index in [0.717, 1.165) is 6.42 Å². The summed E-state index contributed by atoms with van der Waals surface area (Å²) >= 11 is 0. The first-order valence-electron chi connectivity index (χ1n) is 4.75. The van der Waals surface area contributed by atoms with Gasteiger partial charge in [-0.15, -0.1) is 0 Å². The number of ether oxygens (including phenoxy) is 1. The van der Waals surface area contributed by atoms with Gasteiger partial charge in [-0.05, 0) is 13.3 Å². The monoisotopic (exact) mass is 186 g/mol. The molecule has 1 rings (SSSR count). The van der Waals surface area contributed by atoms with Crippen LogP contribution >= 0.6 is 0 Å². The zero-order valence-electron chi connectivity index (χ0n) is 8.38. The van der Waals surface area contributed by atoms with Crippen molar-refractivity contribution >= 4 is 5.91 Å². The van der Waals surface area contributed by atoms with Crippen molar-refractivity contribution < 1.29 is 9.53 Å². The number of amides is 1. The molecule has 0 spiro atoms. The third-order valence-corrected chi connectivity index (χ3v) is 2.50. The molecule has 1 aliphatic rings. The Morgan fingerprint density at radius 3 is 2.62 bits per heavy atom. The zero-order valence-corrected chi connectivity index (χ0v) is 8.38. The molecule has 0 saturated carbocycles. The van der Waals surface area contributed by atoms with Crippen molar-refractivity contribution in [3.63, 3.8) is 0 Å². The Kier molecular flexibility index (Phi) is 3.27. The minimum Gasteiger partial charge on any atom is -0.372 e. The Hall–Kier alpha value is -0.610. The van der Waals surface area contributed by atoms with Crippen LogP contribution in [0.25, 0.3) is 0 Å². The molecular weight excluding hydrogens is 168 g/mol. The van der Waals surface area contributed by atoms with Crippen molar-refractivity contribution in [2.24, 2.45) is 5.73 Å². The van der Waals surface area contributed by atoms with Crippen molar-refractivity contribution in [1.82, 2.24) is 4.90 Å². The molecule has 1 saturated heterocycles. The predicted molar refractivity (Wildman–Crippen MR) is 50.3 cm³/mol. The van der Waals surface area contributed by atoms with Gasteiger partial charge in [-0.2, -0.15) is 0 Å². The van der Waals surface area contributed by atoms with Gasteiger partial charge in [-0.1, -0.05) is 6.92 Å². The number of carbonyl (C=O) groups is 1. The number of hydrogen-bond donors (Lipinski definition) is 1. The fourth-order valence-electron chi connectivity index (χ4n) is 1.39. The number of rotatable bonds is 4. The zero-order chi connectivity index (χ0) is 9.90. The highest BCUT2D eigenvalue weighted by Crippen LogP contribution is 2.21. The standard InChI is InChI=1S/C9H18N2O2/c1-3-9(10)6-11(7-9)8(12)5-13-4-2/h3-7,10H2,1-2H3. The number of hydrogen-bond acceptors (Lipinski definition) is 3. The van der Waals surface area contributed by atoms with Gasteiger partial charge in [0, 0.05) is 19.7 Å². The van der Waals surface area contributed by atoms with Crippen LogP contribution in [-0.2, 0) is 9.53 Å². The van der Waals surface area contributed by atoms with E-state index in [4.69, 9.17) is 10.5 Å². The molecule has 0 aromatic rings. The van der Waals surface area contributed by atoms with Crippen LogP contribution in [0.3, 0.4) is 0 Å². The van der Waals surface area contributed by atoms with E-state index in [1.807, 2.05) is 13.8 Å². The van der Waals surface area contributed by atoms with Crippen LogP contribution in [0.2, 0.25) is 0 Å². The summed E-state index contributed by atoms with van der Waals surface area (Å²) in [4.78, 5) is 13.1. The first-order valence-corrected chi connectivity index (χ1v) is 4.75. The third-order valence-electron chi connectivity index (χ3n) is 2.50. The van der Waals surface area contributed by atoms with Crippen LogP contribution in [0, 0.1) is 0 Å². The minimum absolute atomic E-state index is 0.0522. The number of nitrogens with zero attached hydrogens (tertiary/aromatic N) is 1. The molecule has 2 N–H and O–H groups in total. The molecule has 0 unspecified atom stereocenters. The first kappa shape index (κ1) is 10.5. The van der Waals surface area contributed by atoms with E-state index in [-0.39, 0.29) is 18.1 Å². The molecule has 0 aliphatic carbocycles. The second-order valence-electron chi connectivity index (χ2n) is 3.60. The lowest BCUT2D eigenvalue weighted by Gasteiger charge is -2.47. The molecule has 1 amide bonds. The van der Waals surface area contributed by atoms with Gasteiger partial charge in [-0.25, -0.2) is 0 Å². The molecule has 1 heterocycles. The van der Waals surface area contributed by atoms with Crippen LogP contribution in [0.5, 0.6) is 0 Å². The lowest BCUT2D eigenvalue weighted by Crippen LogP contribution is -2.68. The number of likely N-dealkylation sites (tertiary alicyclic amines) is 1. The summed E-state index contributed by atoms with van der Waals surface area (Å²) < 4.78 is 5.02. The molecule has 13 heavy (non-hydrogen) atoms. The molecule has 0 aromatic heterocycles. The van der Waals surface area contributed by atoms with Gasteiger partial charge in [0.1, 0.15) is 6.61 Å². The van der Waals surface area contributed by atoms with Crippen LogP contribution in [0.15, 0.2) is 0 Å². The first-order chi connectivity index (χ1) is 6.11. The molecule has 1 aliphatic heterocycles. The molecule has 4 heteroatoms. The average molecular weight is 186 g/mol. The lowest BCUT2D eigenvalue weighted by atomic mass is 9.88. The summed E-state index contributed by atoms with van der Waals surface area (Å²) in [6, 6.07) is 0. The largest absolute Gasteiger partial charge is 0.372 e. The van der Waals surface area contributed by atoms with Gasteiger partial charge < -0.3 is 15.4 Å². The molecular formula is C9H18N2O2. The van der Waals surface area contributed by atoms with Crippen molar-refractivity contribution in [3.05, 3.63) is 0 Å². The van der Waals surface area contributed by atoms with Crippen LogP contribution in [0.1, 0.15) is 20.3 Å². The average Bonchev–Trinajstić information content (AvgIpc) is 2.09. The quantitative estimate of drug-likeness (QED) is 0.671. The Morgan fingerprint density at radius 1 is 1.54 bits per heavy atom. The van der Waals surface area contributed by atoms with Crippen molar-refractivity contribution in [2.75, 3.05) is 26.3 Å². The Labute approximate surface area is 79.0 Å². The van der Waals surface area contributed by atoms with Crippen LogP contribution < -0.4 is 5.73 Å². The maximum atomic E-state index is 11.3.